The van der Waals surface area contributed by atoms with Gasteiger partial charge in [0.1, 0.15) is 53.1 Å². The highest BCUT2D eigenvalue weighted by Gasteiger charge is 2.64. The summed E-state index contributed by atoms with van der Waals surface area (Å²) < 4.78 is 29.6. The summed E-state index contributed by atoms with van der Waals surface area (Å²) in [5.41, 5.74) is 5.07. The zero-order valence-electron chi connectivity index (χ0n) is 50.7. The Morgan fingerprint density at radius 3 is 2.37 bits per heavy atom. The number of fused-ring (bicyclic) bond motifs is 5. The molecule has 0 aromatic heterocycles. The van der Waals surface area contributed by atoms with E-state index in [4.69, 9.17) is 41.0 Å². The number of hydrogen-bond acceptors (Lipinski definition) is 16. The van der Waals surface area contributed by atoms with Crippen molar-refractivity contribution in [3.63, 3.8) is 0 Å². The quantitative estimate of drug-likeness (QED) is 0.0166. The van der Waals surface area contributed by atoms with E-state index in [9.17, 15) is 48.3 Å². The summed E-state index contributed by atoms with van der Waals surface area (Å²) in [5.74, 6) is -3.91. The average Bonchev–Trinajstić information content (AvgIpc) is 1.61. The minimum atomic E-state index is -1.91. The van der Waals surface area contributed by atoms with Crippen LogP contribution in [0.15, 0.2) is 71.5 Å². The number of methoxy groups -OCH3 is 2. The molecule has 11 atom stereocenters. The molecule has 0 radical (unpaired) electrons. The number of hydrogen-bond donors (Lipinski definition) is 8. The second-order valence-corrected chi connectivity index (χ2v) is 23.7. The van der Waals surface area contributed by atoms with Crippen molar-refractivity contribution in [3.05, 3.63) is 82.1 Å². The average molecular weight is 1290 g/mol. The van der Waals surface area contributed by atoms with Crippen LogP contribution in [0.3, 0.4) is 0 Å². The van der Waals surface area contributed by atoms with Gasteiger partial charge in [0.15, 0.2) is 5.72 Å². The molecule has 1 aromatic rings. The first-order valence-electron chi connectivity index (χ1n) is 28.7. The van der Waals surface area contributed by atoms with Crippen molar-refractivity contribution in [2.24, 2.45) is 17.6 Å². The number of alkyl halides is 1. The molecular weight excluding hydrogens is 1200 g/mol. The van der Waals surface area contributed by atoms with E-state index in [2.05, 4.69) is 54.4 Å². The molecule has 0 spiro atoms. The Balaban J connectivity index is 1.32. The summed E-state index contributed by atoms with van der Waals surface area (Å²) in [5, 5.41) is 29.0. The van der Waals surface area contributed by atoms with Crippen molar-refractivity contribution in [2.75, 3.05) is 51.6 Å². The largest absolute Gasteiger partial charge is 0.495 e. The SMILES string of the molecule is C=C(CBr)C(=O)NCCCCC(C=O)N[C@H](C(=O)N[C@@H](CCCNC(N)=O)C(=O)NC1=CC=C(C(=O)N(C)[C@@H](C)C(=O)O[C@H]2CC(=O)N(C)c3cc(cc(OC)c3Cl)C/C(C)=C/C=C/[C@@H](OC)[C@@]3(O)C[C@H](OC(=O)N3)[C@@H](C)[C@@H]3O[C@@]23C)CC1)C(C)C. The predicted octanol–water partition coefficient (Wildman–Crippen LogP) is 4.59. The van der Waals surface area contributed by atoms with E-state index in [0.29, 0.717) is 65.8 Å². The number of anilines is 1. The Morgan fingerprint density at radius 1 is 1.03 bits per heavy atom. The van der Waals surface area contributed by atoms with Gasteiger partial charge in [0, 0.05) is 68.8 Å². The second kappa shape index (κ2) is 31.8. The van der Waals surface area contributed by atoms with Gasteiger partial charge in [-0.25, -0.2) is 14.4 Å². The number of alkyl carbamates (subject to hydrolysis) is 1. The van der Waals surface area contributed by atoms with Gasteiger partial charge in [-0.05, 0) is 102 Å². The Labute approximate surface area is 516 Å². The molecule has 2 fully saturated rings. The number of nitrogens with two attached hydrogens (primary N) is 1. The van der Waals surface area contributed by atoms with Gasteiger partial charge in [-0.3, -0.25) is 34.6 Å². The third kappa shape index (κ3) is 18.7. The summed E-state index contributed by atoms with van der Waals surface area (Å²) in [6.45, 7) is 14.6. The number of ether oxygens (including phenoxy) is 5. The number of amides is 8. The summed E-state index contributed by atoms with van der Waals surface area (Å²) >= 11 is 10.1. The van der Waals surface area contributed by atoms with E-state index in [1.165, 1.54) is 51.1 Å². The van der Waals surface area contributed by atoms with Gasteiger partial charge in [0.2, 0.25) is 29.5 Å². The molecule has 26 heteroatoms. The number of urea groups is 1. The summed E-state index contributed by atoms with van der Waals surface area (Å²) in [6, 6.07) is -1.15. The van der Waals surface area contributed by atoms with Crippen molar-refractivity contribution in [1.82, 2.24) is 36.8 Å². The van der Waals surface area contributed by atoms with E-state index in [0.717, 1.165) is 17.4 Å². The van der Waals surface area contributed by atoms with Crippen molar-refractivity contribution in [3.8, 4) is 5.75 Å². The molecule has 86 heavy (non-hydrogen) atoms. The maximum atomic E-state index is 14.5. The first-order chi connectivity index (χ1) is 40.6. The number of halogens is 2. The number of primary amides is 1. The molecule has 0 saturated carbocycles. The number of carbonyl (C=O) groups excluding carboxylic acids is 9. The molecule has 9 N–H and O–H groups in total. The van der Waals surface area contributed by atoms with E-state index in [1.807, 2.05) is 13.0 Å². The fourth-order valence-corrected chi connectivity index (χ4v) is 11.1. The van der Waals surface area contributed by atoms with Crippen LogP contribution in [0.1, 0.15) is 105 Å². The van der Waals surface area contributed by atoms with Crippen LogP contribution in [0.5, 0.6) is 5.75 Å². The first kappa shape index (κ1) is 70.1. The summed E-state index contributed by atoms with van der Waals surface area (Å²) in [4.78, 5) is 122. The first-order valence-corrected chi connectivity index (χ1v) is 30.2. The van der Waals surface area contributed by atoms with Gasteiger partial charge in [-0.2, -0.15) is 0 Å². The second-order valence-electron chi connectivity index (χ2n) is 22.8. The van der Waals surface area contributed by atoms with E-state index < -0.39 is 114 Å². The van der Waals surface area contributed by atoms with E-state index in [-0.39, 0.29) is 55.5 Å². The molecule has 8 amide bonds. The minimum Gasteiger partial charge on any atom is -0.495 e. The van der Waals surface area contributed by atoms with Crippen molar-refractivity contribution in [2.45, 2.75) is 166 Å². The number of nitrogens with one attached hydrogen (secondary N) is 6. The zero-order chi connectivity index (χ0) is 63.8. The molecule has 1 aromatic carbocycles. The monoisotopic (exact) mass is 1290 g/mol. The molecule has 4 aliphatic rings. The van der Waals surface area contributed by atoms with Gasteiger partial charge in [0.05, 0.1) is 37.4 Å². The lowest BCUT2D eigenvalue weighted by atomic mass is 9.83. The zero-order valence-corrected chi connectivity index (χ0v) is 53.0. The number of esters is 1. The number of likely N-dealkylation sites (N-methyl/N-ethyl adjacent to an activating group) is 1. The number of rotatable bonds is 25. The van der Waals surface area contributed by atoms with Crippen molar-refractivity contribution < 1.29 is 71.9 Å². The number of aldehydes is 1. The Morgan fingerprint density at radius 2 is 1.74 bits per heavy atom. The number of aliphatic hydroxyl groups is 1. The third-order valence-corrected chi connectivity index (χ3v) is 17.0. The van der Waals surface area contributed by atoms with Gasteiger partial charge < -0.3 is 70.4 Å². The van der Waals surface area contributed by atoms with Gasteiger partial charge in [0.25, 0.3) is 0 Å². The molecule has 1 aliphatic carbocycles. The maximum absolute atomic E-state index is 14.5. The van der Waals surface area contributed by atoms with Gasteiger partial charge in [-0.15, -0.1) is 0 Å². The Hall–Kier alpha value is -6.64. The predicted molar refractivity (Wildman–Crippen MR) is 325 cm³/mol. The maximum Gasteiger partial charge on any atom is 0.409 e. The number of epoxide rings is 1. The Kier molecular flexibility index (Phi) is 26.0. The van der Waals surface area contributed by atoms with Crippen LogP contribution in [-0.4, -0.2) is 171 Å². The number of benzene rings is 1. The van der Waals surface area contributed by atoms with Crippen LogP contribution in [0.25, 0.3) is 0 Å². The fraction of sp³-hybridized carbons (Fsp3) is 0.583. The topological polar surface area (TPSA) is 328 Å². The number of allylic oxidation sites excluding steroid dienone is 6. The molecule has 3 aliphatic heterocycles. The lowest BCUT2D eigenvalue weighted by Crippen LogP contribution is -2.63. The smallest absolute Gasteiger partial charge is 0.409 e. The molecule has 1 unspecified atom stereocenters. The molecule has 4 bridgehead atoms. The number of nitrogens with zero attached hydrogens (tertiary/aromatic N) is 2. The summed E-state index contributed by atoms with van der Waals surface area (Å²) in [7, 11) is 5.83. The normalized spacial score (nSPS) is 25.5. The molecule has 24 nitrogen and oxygen atoms in total. The van der Waals surface area contributed by atoms with Gasteiger partial charge in [-0.1, -0.05) is 84.8 Å². The molecule has 3 heterocycles. The Bertz CT molecular complexity index is 2830. The van der Waals surface area contributed by atoms with E-state index in [1.54, 1.807) is 58.1 Å². The number of unbranched alkanes of at least 4 members (excludes halogenated alkanes) is 1. The minimum absolute atomic E-state index is 0.0930. The van der Waals surface area contributed by atoms with Crippen molar-refractivity contribution in [1.29, 1.82) is 0 Å². The highest BCUT2D eigenvalue weighted by molar-refractivity contribution is 9.09. The molecule has 5 rings (SSSR count). The lowest BCUT2D eigenvalue weighted by molar-refractivity contribution is -0.161. The highest BCUT2D eigenvalue weighted by atomic mass is 79.9. The van der Waals surface area contributed by atoms with Crippen LogP contribution < -0.4 is 47.3 Å². The third-order valence-electron chi connectivity index (χ3n) is 16.0. The summed E-state index contributed by atoms with van der Waals surface area (Å²) in [6.07, 6.45) is 6.10. The standard InChI is InChI=1S/C60H85BrClN9O15/c1-33(2)50(66-41(32-72)17-12-13-24-64-52(74)35(4)31-61)54(76)68-42(18-15-25-65-57(63)79)53(75)67-40-22-20-39(21-23-40)55(77)70(8)37(6)56(78)85-47-29-48(73)71(9)43-27-38(28-44(82-10)49(43)62)26-34(3)16-14-19-46(83-11)60(81)30-45(84-58(80)69-60)36(5)51-59(47,7)86-51/h14,16,19-20,22,27-28,32-33,36-37,41-42,45-47,50-51,66,81H,4,12-13,15,17-18,21,23-26,29-31H2,1-3,5-11H3,(H,64,74)(H,67,75)(H,68,76)(H,69,80)(H3,63,65,79)/b19-14+,34-16+/t36-,37+,41?,42+,45+,46-,47+,50+,51+,59+,60+/m1/s1. The van der Waals surface area contributed by atoms with Crippen LogP contribution in [0, 0.1) is 11.8 Å². The van der Waals surface area contributed by atoms with Gasteiger partial charge >= 0.3 is 18.1 Å². The lowest BCUT2D eigenvalue weighted by Gasteiger charge is -2.42. The van der Waals surface area contributed by atoms with Crippen LogP contribution in [0.2, 0.25) is 5.02 Å². The molecule has 474 valence electrons. The highest BCUT2D eigenvalue weighted by Crippen LogP contribution is 2.49. The van der Waals surface area contributed by atoms with Crippen LogP contribution in [-0.2, 0) is 58.9 Å². The van der Waals surface area contributed by atoms with E-state index >= 15 is 0 Å². The molecule has 2 saturated heterocycles. The number of carbonyl (C=O) groups is 9. The fourth-order valence-electron chi connectivity index (χ4n) is 10.5. The van der Waals surface area contributed by atoms with Crippen LogP contribution in [0.4, 0.5) is 15.3 Å². The van der Waals surface area contributed by atoms with Crippen LogP contribution >= 0.6 is 27.5 Å². The van der Waals surface area contributed by atoms with Crippen molar-refractivity contribution >= 4 is 87.1 Å². The molecular formula is C60H85BrClN9O15.